The second-order valence-corrected chi connectivity index (χ2v) is 11.0. The lowest BCUT2D eigenvalue weighted by Crippen LogP contribution is -2.29. The van der Waals surface area contributed by atoms with Gasteiger partial charge in [0, 0.05) is 44.4 Å². The van der Waals surface area contributed by atoms with E-state index in [0.717, 1.165) is 43.1 Å². The van der Waals surface area contributed by atoms with Gasteiger partial charge in [-0.25, -0.2) is 0 Å². The van der Waals surface area contributed by atoms with Gasteiger partial charge < -0.3 is 34.3 Å². The molecule has 8 nitrogen and oxygen atoms in total. The highest BCUT2D eigenvalue weighted by Gasteiger charge is 2.06. The number of hydrogen-bond donors (Lipinski definition) is 2. The van der Waals surface area contributed by atoms with Gasteiger partial charge in [-0.15, -0.1) is 0 Å². The third-order valence-corrected chi connectivity index (χ3v) is 7.42. The average molecular weight is 547 g/mol. The first kappa shape index (κ1) is 33.2. The Bertz CT molecular complexity index is 652. The number of benzene rings is 1. The molecule has 0 aliphatic carbocycles. The molecule has 1 unspecified atom stereocenters. The van der Waals surface area contributed by atoms with Crippen LogP contribution in [0.15, 0.2) is 29.2 Å². The van der Waals surface area contributed by atoms with Crippen molar-refractivity contribution >= 4 is 27.5 Å². The molecular weight excluding hydrogens is 500 g/mol. The number of hydrogen-bond acceptors (Lipinski definition) is 9. The van der Waals surface area contributed by atoms with Crippen molar-refractivity contribution in [3.05, 3.63) is 29.8 Å². The number of methoxy groups -OCH3 is 1. The Morgan fingerprint density at radius 1 is 0.833 bits per heavy atom. The summed E-state index contributed by atoms with van der Waals surface area (Å²) in [6.45, 7) is 12.4. The number of amides is 1. The molecule has 0 heterocycles. The van der Waals surface area contributed by atoms with Crippen molar-refractivity contribution in [1.82, 2.24) is 10.6 Å². The van der Waals surface area contributed by atoms with Gasteiger partial charge in [-0.2, -0.15) is 0 Å². The van der Waals surface area contributed by atoms with Crippen LogP contribution in [0.2, 0.25) is 0 Å². The molecule has 208 valence electrons. The predicted molar refractivity (Wildman–Crippen MR) is 149 cm³/mol. The summed E-state index contributed by atoms with van der Waals surface area (Å²) in [5.74, 6) is -0.00997. The molecule has 1 aromatic rings. The molecule has 1 amide bonds. The zero-order valence-electron chi connectivity index (χ0n) is 22.4. The van der Waals surface area contributed by atoms with E-state index < -0.39 is 0 Å². The monoisotopic (exact) mass is 546 g/mol. The number of nitrogens with one attached hydrogen (secondary N) is 2. The number of ether oxygens (including phenoxy) is 5. The molecule has 2 N–H and O–H groups in total. The lowest BCUT2D eigenvalue weighted by molar-refractivity contribution is -0.120. The molecule has 1 aromatic carbocycles. The molecule has 10 heteroatoms. The van der Waals surface area contributed by atoms with Crippen LogP contribution in [0.4, 0.5) is 0 Å². The summed E-state index contributed by atoms with van der Waals surface area (Å²) in [7, 11) is 5.10. The molecule has 0 saturated carbocycles. The van der Waals surface area contributed by atoms with Gasteiger partial charge in [0.2, 0.25) is 5.91 Å². The molecule has 0 aromatic heterocycles. The van der Waals surface area contributed by atoms with Crippen molar-refractivity contribution in [1.29, 1.82) is 0 Å². The largest absolute Gasteiger partial charge is 0.385 e. The average Bonchev–Trinajstić information content (AvgIpc) is 2.86. The molecule has 0 radical (unpaired) electrons. The number of carbonyl (C=O) groups excluding carboxylic acids is 1. The van der Waals surface area contributed by atoms with Gasteiger partial charge in [-0.3, -0.25) is 4.79 Å². The van der Waals surface area contributed by atoms with Crippen molar-refractivity contribution in [2.75, 3.05) is 73.1 Å². The molecule has 0 saturated heterocycles. The quantitative estimate of drug-likeness (QED) is 0.114. The smallest absolute Gasteiger partial charge is 0.224 e. The Balaban J connectivity index is 1.99. The van der Waals surface area contributed by atoms with E-state index in [1.54, 1.807) is 28.7 Å². The second kappa shape index (κ2) is 23.3. The standard InChI is InChI=1S/C26H46N2O6S2/c1-22(2)27-11-15-31-17-19-33-20-18-32-16-12-28-26(29)21-24-7-9-25(10-8-24)36-35-23(3)34-14-6-5-13-30-4/h7-10,22-23,27H,5-6,11-21H2,1-4H3,(H,28,29). The first-order valence-corrected chi connectivity index (χ1v) is 15.0. The molecule has 1 atom stereocenters. The fourth-order valence-corrected chi connectivity index (χ4v) is 4.77. The maximum absolute atomic E-state index is 12.2. The van der Waals surface area contributed by atoms with E-state index in [9.17, 15) is 4.79 Å². The van der Waals surface area contributed by atoms with Crippen molar-refractivity contribution < 1.29 is 28.5 Å². The van der Waals surface area contributed by atoms with E-state index in [2.05, 4.69) is 31.4 Å². The summed E-state index contributed by atoms with van der Waals surface area (Å²) in [5.41, 5.74) is 1.11. The molecule has 0 spiro atoms. The fraction of sp³-hybridized carbons (Fsp3) is 0.731. The Labute approximate surface area is 225 Å². The van der Waals surface area contributed by atoms with E-state index in [1.165, 1.54) is 0 Å². The normalized spacial score (nSPS) is 12.2. The van der Waals surface area contributed by atoms with Crippen molar-refractivity contribution in [2.24, 2.45) is 0 Å². The van der Waals surface area contributed by atoms with E-state index >= 15 is 0 Å². The summed E-state index contributed by atoms with van der Waals surface area (Å²) in [6.07, 6.45) is 2.38. The van der Waals surface area contributed by atoms with E-state index in [0.29, 0.717) is 58.6 Å². The SMILES string of the molecule is COCCCCOC(C)SSc1ccc(CC(=O)NCCOCCOCCOCCNC(C)C)cc1. The zero-order valence-corrected chi connectivity index (χ0v) is 24.1. The van der Waals surface area contributed by atoms with Crippen molar-refractivity contribution in [3.8, 4) is 0 Å². The van der Waals surface area contributed by atoms with Crippen LogP contribution in [0.5, 0.6) is 0 Å². The maximum Gasteiger partial charge on any atom is 0.224 e. The van der Waals surface area contributed by atoms with Crippen molar-refractivity contribution in [2.45, 2.75) is 56.4 Å². The highest BCUT2D eigenvalue weighted by atomic mass is 33.1. The van der Waals surface area contributed by atoms with E-state index in [1.807, 2.05) is 24.3 Å². The van der Waals surface area contributed by atoms with Crippen LogP contribution in [-0.4, -0.2) is 90.4 Å². The minimum atomic E-state index is -0.00997. The van der Waals surface area contributed by atoms with Gasteiger partial charge in [-0.05, 0) is 37.5 Å². The Morgan fingerprint density at radius 3 is 2.08 bits per heavy atom. The number of carbonyl (C=O) groups is 1. The van der Waals surface area contributed by atoms with Crippen LogP contribution in [0.25, 0.3) is 0 Å². The fourth-order valence-electron chi connectivity index (χ4n) is 2.88. The van der Waals surface area contributed by atoms with Crippen LogP contribution in [-0.2, 0) is 34.9 Å². The van der Waals surface area contributed by atoms with Crippen molar-refractivity contribution in [3.63, 3.8) is 0 Å². The van der Waals surface area contributed by atoms with Gasteiger partial charge in [0.25, 0.3) is 0 Å². The summed E-state index contributed by atoms with van der Waals surface area (Å²) in [5, 5.41) is 6.19. The third kappa shape index (κ3) is 20.2. The molecule has 0 bridgehead atoms. The summed E-state index contributed by atoms with van der Waals surface area (Å²) in [4.78, 5) is 13.3. The van der Waals surface area contributed by atoms with Gasteiger partial charge in [0.1, 0.15) is 5.44 Å². The minimum absolute atomic E-state index is 0.00997. The highest BCUT2D eigenvalue weighted by molar-refractivity contribution is 8.76. The van der Waals surface area contributed by atoms with E-state index in [4.69, 9.17) is 23.7 Å². The van der Waals surface area contributed by atoms with E-state index in [-0.39, 0.29) is 11.3 Å². The maximum atomic E-state index is 12.2. The van der Waals surface area contributed by atoms with Gasteiger partial charge >= 0.3 is 0 Å². The van der Waals surface area contributed by atoms with Gasteiger partial charge in [0.05, 0.1) is 46.1 Å². The molecule has 1 rings (SSSR count). The lowest BCUT2D eigenvalue weighted by atomic mass is 10.1. The Kier molecular flexibility index (Phi) is 21.5. The van der Waals surface area contributed by atoms with Crippen LogP contribution >= 0.6 is 21.6 Å². The predicted octanol–water partition coefficient (Wildman–Crippen LogP) is 3.92. The first-order chi connectivity index (χ1) is 17.5. The van der Waals surface area contributed by atoms with Crippen LogP contribution < -0.4 is 10.6 Å². The Hall–Kier alpha value is -0.850. The molecule has 36 heavy (non-hydrogen) atoms. The summed E-state index contributed by atoms with van der Waals surface area (Å²) in [6, 6.07) is 8.56. The third-order valence-electron chi connectivity index (χ3n) is 4.77. The zero-order chi connectivity index (χ0) is 26.3. The first-order valence-electron chi connectivity index (χ1n) is 12.8. The number of rotatable bonds is 24. The highest BCUT2D eigenvalue weighted by Crippen LogP contribution is 2.34. The second-order valence-electron chi connectivity index (χ2n) is 8.43. The summed E-state index contributed by atoms with van der Waals surface area (Å²) >= 11 is 0. The topological polar surface area (TPSA) is 87.3 Å². The molecule has 0 fully saturated rings. The van der Waals surface area contributed by atoms with Crippen LogP contribution in [0.3, 0.4) is 0 Å². The molecule has 0 aliphatic heterocycles. The summed E-state index contributed by atoms with van der Waals surface area (Å²) < 4.78 is 27.3. The molecular formula is C26H46N2O6S2. The Morgan fingerprint density at radius 2 is 1.44 bits per heavy atom. The minimum Gasteiger partial charge on any atom is -0.385 e. The van der Waals surface area contributed by atoms with Crippen LogP contribution in [0.1, 0.15) is 39.2 Å². The van der Waals surface area contributed by atoms with Gasteiger partial charge in [0.15, 0.2) is 0 Å². The van der Waals surface area contributed by atoms with Gasteiger partial charge in [-0.1, -0.05) is 47.6 Å². The molecule has 0 aliphatic rings. The van der Waals surface area contributed by atoms with Crippen LogP contribution in [0, 0.1) is 0 Å². The lowest BCUT2D eigenvalue weighted by Gasteiger charge is -2.12. The number of unbranched alkanes of at least 4 members (excludes halogenated alkanes) is 1.